The molecule has 0 aromatic heterocycles. The number of hydrogen-bond donors (Lipinski definition) is 0. The van der Waals surface area contributed by atoms with Crippen LogP contribution in [0.3, 0.4) is 0 Å². The molecule has 0 amide bonds. The Morgan fingerprint density at radius 1 is 1.10 bits per heavy atom. The van der Waals surface area contributed by atoms with Crippen molar-refractivity contribution in [2.75, 3.05) is 40.2 Å². The Labute approximate surface area is 139 Å². The van der Waals surface area contributed by atoms with E-state index < -0.39 is 8.80 Å². The van der Waals surface area contributed by atoms with Crippen LogP contribution < -0.4 is 0 Å². The summed E-state index contributed by atoms with van der Waals surface area (Å²) in [5.41, 5.74) is 0. The highest BCUT2D eigenvalue weighted by Gasteiger charge is 2.36. The van der Waals surface area contributed by atoms with Gasteiger partial charge in [0.2, 0.25) is 0 Å². The molecule has 0 heterocycles. The third kappa shape index (κ3) is 8.13. The molecular weight excluding hydrogens is 322 g/mol. The van der Waals surface area contributed by atoms with Crippen molar-refractivity contribution in [3.05, 3.63) is 25.3 Å². The number of hydrogen-bond acceptors (Lipinski definition) is 5. The van der Waals surface area contributed by atoms with Gasteiger partial charge in [-0.25, -0.2) is 0 Å². The van der Waals surface area contributed by atoms with Crippen LogP contribution in [-0.4, -0.2) is 58.2 Å². The Balaban J connectivity index is 4.00. The zero-order valence-electron chi connectivity index (χ0n) is 13.3. The van der Waals surface area contributed by atoms with E-state index in [1.165, 1.54) is 0 Å². The van der Waals surface area contributed by atoms with Crippen molar-refractivity contribution >= 4 is 37.1 Å². The first-order valence-corrected chi connectivity index (χ1v) is 10.2. The topological polar surface area (TPSA) is 30.9 Å². The second kappa shape index (κ2) is 12.4. The summed E-state index contributed by atoms with van der Waals surface area (Å²) >= 11 is 7.12. The molecule has 7 heteroatoms. The van der Waals surface area contributed by atoms with Crippen LogP contribution in [0.4, 0.5) is 0 Å². The van der Waals surface area contributed by atoms with Gasteiger partial charge in [-0.15, -0.1) is 13.2 Å². The number of thioether (sulfide) groups is 1. The Hall–Kier alpha value is -0.183. The number of nitrogens with zero attached hydrogens (tertiary/aromatic N) is 1. The normalized spacial score (nSPS) is 11.2. The minimum atomic E-state index is -2.42. The van der Waals surface area contributed by atoms with Gasteiger partial charge in [0.15, 0.2) is 0 Å². The zero-order valence-corrected chi connectivity index (χ0v) is 15.9. The van der Waals surface area contributed by atoms with Crippen molar-refractivity contribution in [2.24, 2.45) is 0 Å². The Bertz CT molecular complexity index is 307. The lowest BCUT2D eigenvalue weighted by molar-refractivity contribution is 0.123. The Morgan fingerprint density at radius 3 is 2.05 bits per heavy atom. The maximum atomic E-state index is 5.43. The SMILES string of the molecule is C=CCN(CC=C)C(=S)SCCCC[Si](OC)(OC)OC. The summed E-state index contributed by atoms with van der Waals surface area (Å²) in [6.45, 7) is 9.01. The third-order valence-corrected chi connectivity index (χ3v) is 7.43. The van der Waals surface area contributed by atoms with Gasteiger partial charge < -0.3 is 18.2 Å². The van der Waals surface area contributed by atoms with Crippen LogP contribution >= 0.6 is 24.0 Å². The van der Waals surface area contributed by atoms with Crippen LogP contribution in [0.15, 0.2) is 25.3 Å². The molecule has 122 valence electrons. The van der Waals surface area contributed by atoms with Gasteiger partial charge in [-0.3, -0.25) is 0 Å². The molecule has 0 fully saturated rings. The number of rotatable bonds is 12. The van der Waals surface area contributed by atoms with E-state index in [9.17, 15) is 0 Å². The molecule has 0 aliphatic carbocycles. The highest BCUT2D eigenvalue weighted by molar-refractivity contribution is 8.22. The van der Waals surface area contributed by atoms with Crippen molar-refractivity contribution in [1.82, 2.24) is 4.90 Å². The lowest BCUT2D eigenvalue weighted by atomic mass is 10.4. The van der Waals surface area contributed by atoms with E-state index in [1.807, 2.05) is 12.2 Å². The monoisotopic (exact) mass is 349 g/mol. The molecule has 0 aromatic carbocycles. The maximum absolute atomic E-state index is 5.43. The molecule has 0 saturated heterocycles. The fourth-order valence-electron chi connectivity index (χ4n) is 1.79. The molecule has 0 saturated carbocycles. The Morgan fingerprint density at radius 2 is 1.62 bits per heavy atom. The van der Waals surface area contributed by atoms with Crippen LogP contribution in [0, 0.1) is 0 Å². The van der Waals surface area contributed by atoms with E-state index in [2.05, 4.69) is 18.1 Å². The molecule has 0 bridgehead atoms. The van der Waals surface area contributed by atoms with E-state index in [4.69, 9.17) is 25.5 Å². The minimum absolute atomic E-state index is 0.755. The van der Waals surface area contributed by atoms with Crippen molar-refractivity contribution in [1.29, 1.82) is 0 Å². The molecule has 0 spiro atoms. The molecule has 0 aromatic rings. The van der Waals surface area contributed by atoms with Crippen molar-refractivity contribution < 1.29 is 13.3 Å². The van der Waals surface area contributed by atoms with Gasteiger partial charge in [0.25, 0.3) is 0 Å². The maximum Gasteiger partial charge on any atom is 0.500 e. The molecular formula is C14H27NO3S2Si. The molecule has 21 heavy (non-hydrogen) atoms. The average molecular weight is 350 g/mol. The summed E-state index contributed by atoms with van der Waals surface area (Å²) in [5, 5.41) is 0. The second-order valence-corrected chi connectivity index (χ2v) is 9.17. The quantitative estimate of drug-likeness (QED) is 0.232. The van der Waals surface area contributed by atoms with Crippen LogP contribution in [-0.2, 0) is 13.3 Å². The van der Waals surface area contributed by atoms with Crippen molar-refractivity contribution in [3.63, 3.8) is 0 Å². The van der Waals surface area contributed by atoms with Crippen molar-refractivity contribution in [3.8, 4) is 0 Å². The molecule has 0 rings (SSSR count). The summed E-state index contributed by atoms with van der Waals surface area (Å²) in [4.78, 5) is 2.08. The highest BCUT2D eigenvalue weighted by Crippen LogP contribution is 2.19. The van der Waals surface area contributed by atoms with Gasteiger partial charge in [-0.2, -0.15) is 0 Å². The van der Waals surface area contributed by atoms with E-state index in [0.717, 1.165) is 42.0 Å². The fraction of sp³-hybridized carbons (Fsp3) is 0.643. The largest absolute Gasteiger partial charge is 0.500 e. The van der Waals surface area contributed by atoms with E-state index in [1.54, 1.807) is 33.1 Å². The molecule has 0 atom stereocenters. The van der Waals surface area contributed by atoms with Crippen molar-refractivity contribution in [2.45, 2.75) is 18.9 Å². The van der Waals surface area contributed by atoms with Gasteiger partial charge in [0.1, 0.15) is 4.32 Å². The molecule has 0 aliphatic heterocycles. The summed E-state index contributed by atoms with van der Waals surface area (Å²) in [5.74, 6) is 0.977. The predicted octanol–water partition coefficient (Wildman–Crippen LogP) is 3.34. The average Bonchev–Trinajstić information content (AvgIpc) is 2.51. The number of unbranched alkanes of at least 4 members (excludes halogenated alkanes) is 1. The standard InChI is InChI=1S/C14H27NO3S2Si/c1-6-10-15(11-7-2)14(19)20-12-8-9-13-21(16-3,17-4)18-5/h6-7H,1-2,8-13H2,3-5H3. The van der Waals surface area contributed by atoms with Crippen LogP contribution in [0.5, 0.6) is 0 Å². The molecule has 0 unspecified atom stereocenters. The molecule has 0 radical (unpaired) electrons. The molecule has 4 nitrogen and oxygen atoms in total. The third-order valence-electron chi connectivity index (χ3n) is 2.99. The first-order valence-electron chi connectivity index (χ1n) is 6.88. The lowest BCUT2D eigenvalue weighted by Gasteiger charge is -2.24. The van der Waals surface area contributed by atoms with Gasteiger partial charge in [0, 0.05) is 46.2 Å². The summed E-state index contributed by atoms with van der Waals surface area (Å²) in [6, 6.07) is 0.826. The Kier molecular flexibility index (Phi) is 12.3. The summed E-state index contributed by atoms with van der Waals surface area (Å²) in [7, 11) is 2.51. The highest BCUT2D eigenvalue weighted by atomic mass is 32.2. The zero-order chi connectivity index (χ0) is 16.1. The summed E-state index contributed by atoms with van der Waals surface area (Å²) < 4.78 is 17.1. The fourth-order valence-corrected chi connectivity index (χ4v) is 4.83. The minimum Gasteiger partial charge on any atom is -0.377 e. The number of thiocarbonyl (C=S) groups is 1. The molecule has 0 aliphatic rings. The van der Waals surface area contributed by atoms with Crippen LogP contribution in [0.2, 0.25) is 6.04 Å². The van der Waals surface area contributed by atoms with Gasteiger partial charge in [-0.05, 0) is 12.8 Å². The van der Waals surface area contributed by atoms with E-state index in [0.29, 0.717) is 0 Å². The smallest absolute Gasteiger partial charge is 0.377 e. The predicted molar refractivity (Wildman–Crippen MR) is 97.8 cm³/mol. The van der Waals surface area contributed by atoms with Gasteiger partial charge in [-0.1, -0.05) is 36.1 Å². The van der Waals surface area contributed by atoms with Gasteiger partial charge >= 0.3 is 8.80 Å². The first-order chi connectivity index (χ1) is 10.1. The summed E-state index contributed by atoms with van der Waals surface area (Å²) in [6.07, 6.45) is 5.75. The first kappa shape index (κ1) is 20.8. The lowest BCUT2D eigenvalue weighted by Crippen LogP contribution is -2.42. The second-order valence-electron chi connectivity index (χ2n) is 4.35. The van der Waals surface area contributed by atoms with Crippen LogP contribution in [0.1, 0.15) is 12.8 Å². The molecule has 0 N–H and O–H groups in total. The van der Waals surface area contributed by atoms with E-state index in [-0.39, 0.29) is 0 Å². The van der Waals surface area contributed by atoms with Gasteiger partial charge in [0.05, 0.1) is 0 Å². The van der Waals surface area contributed by atoms with E-state index >= 15 is 0 Å². The van der Waals surface area contributed by atoms with Crippen LogP contribution in [0.25, 0.3) is 0 Å².